The number of rotatable bonds is 6. The van der Waals surface area contributed by atoms with Crippen molar-refractivity contribution >= 4 is 44.9 Å². The second kappa shape index (κ2) is 9.53. The lowest BCUT2D eigenvalue weighted by molar-refractivity contribution is -0.121. The van der Waals surface area contributed by atoms with Crippen LogP contribution in [0.15, 0.2) is 39.0 Å². The van der Waals surface area contributed by atoms with Gasteiger partial charge in [0.2, 0.25) is 11.8 Å². The van der Waals surface area contributed by atoms with Gasteiger partial charge in [-0.25, -0.2) is 8.42 Å². The maximum absolute atomic E-state index is 12.9. The van der Waals surface area contributed by atoms with E-state index in [-0.39, 0.29) is 22.7 Å². The van der Waals surface area contributed by atoms with Gasteiger partial charge in [0.15, 0.2) is 11.5 Å². The Kier molecular flexibility index (Phi) is 6.47. The molecule has 13 heteroatoms. The summed E-state index contributed by atoms with van der Waals surface area (Å²) in [5, 5.41) is 10.5. The lowest BCUT2D eigenvalue weighted by Crippen LogP contribution is -2.43. The Morgan fingerprint density at radius 2 is 2.00 bits per heavy atom. The minimum atomic E-state index is -3.70. The molecule has 1 amide bonds. The second-order valence-corrected chi connectivity index (χ2v) is 11.8. The quantitative estimate of drug-likeness (QED) is 0.521. The highest BCUT2D eigenvalue weighted by Crippen LogP contribution is 2.32. The molecule has 4 heterocycles. The number of nitrogens with one attached hydrogen (secondary N) is 1. The number of anilines is 1. The predicted molar refractivity (Wildman–Crippen MR) is 124 cm³/mol. The highest BCUT2D eigenvalue weighted by molar-refractivity contribution is 7.91. The van der Waals surface area contributed by atoms with Gasteiger partial charge in [-0.15, -0.1) is 16.4 Å². The Bertz CT molecular complexity index is 1310. The smallest absolute Gasteiger partial charge is 0.322 e. The van der Waals surface area contributed by atoms with E-state index in [1.165, 1.54) is 10.4 Å². The monoisotopic (exact) mass is 524 g/mol. The number of thiophene rings is 1. The molecule has 180 valence electrons. The lowest BCUT2D eigenvalue weighted by Gasteiger charge is -2.30. The van der Waals surface area contributed by atoms with Crippen molar-refractivity contribution in [3.8, 4) is 11.5 Å². The van der Waals surface area contributed by atoms with Crippen LogP contribution in [0.25, 0.3) is 0 Å². The number of hydrogen-bond donors (Lipinski definition) is 1. The first-order valence-electron chi connectivity index (χ1n) is 10.7. The summed E-state index contributed by atoms with van der Waals surface area (Å²) in [5.41, 5.74) is 0.896. The zero-order valence-electron chi connectivity index (χ0n) is 17.9. The van der Waals surface area contributed by atoms with Crippen molar-refractivity contribution in [3.63, 3.8) is 0 Å². The number of aromatic nitrogens is 2. The molecular formula is C21H21ClN4O6S2. The van der Waals surface area contributed by atoms with Crippen LogP contribution in [-0.2, 0) is 21.2 Å². The second-order valence-electron chi connectivity index (χ2n) is 7.91. The Morgan fingerprint density at radius 1 is 1.18 bits per heavy atom. The van der Waals surface area contributed by atoms with E-state index in [4.69, 9.17) is 25.5 Å². The van der Waals surface area contributed by atoms with Gasteiger partial charge in [0.25, 0.3) is 10.0 Å². The minimum Gasteiger partial charge on any atom is -0.486 e. The summed E-state index contributed by atoms with van der Waals surface area (Å²) < 4.78 is 44.3. The van der Waals surface area contributed by atoms with Gasteiger partial charge in [0.1, 0.15) is 17.4 Å². The van der Waals surface area contributed by atoms with E-state index in [1.807, 2.05) is 18.2 Å². The number of benzene rings is 1. The molecule has 1 unspecified atom stereocenters. The molecule has 1 N–H and O–H groups in total. The van der Waals surface area contributed by atoms with Gasteiger partial charge in [-0.3, -0.25) is 10.1 Å². The fraction of sp³-hybridized carbons (Fsp3) is 0.381. The molecule has 0 radical (unpaired) electrons. The van der Waals surface area contributed by atoms with Crippen molar-refractivity contribution in [2.45, 2.75) is 23.5 Å². The zero-order chi connectivity index (χ0) is 23.7. The molecule has 3 aromatic rings. The summed E-state index contributed by atoms with van der Waals surface area (Å²) in [7, 11) is -3.70. The summed E-state index contributed by atoms with van der Waals surface area (Å²) in [6.07, 6.45) is 1.48. The van der Waals surface area contributed by atoms with Crippen LogP contribution in [0.3, 0.4) is 0 Å². The average molecular weight is 525 g/mol. The average Bonchev–Trinajstić information content (AvgIpc) is 3.48. The Labute approximate surface area is 204 Å². The molecule has 5 rings (SSSR count). The summed E-state index contributed by atoms with van der Waals surface area (Å²) in [6.45, 7) is 1.43. The van der Waals surface area contributed by atoms with Crippen molar-refractivity contribution < 1.29 is 27.1 Å². The third-order valence-corrected chi connectivity index (χ3v) is 9.12. The number of halogens is 1. The van der Waals surface area contributed by atoms with Crippen LogP contribution >= 0.6 is 22.9 Å². The maximum Gasteiger partial charge on any atom is 0.322 e. The third kappa shape index (κ3) is 4.90. The number of hydrogen-bond acceptors (Lipinski definition) is 9. The number of nitrogens with zero attached hydrogens (tertiary/aromatic N) is 3. The van der Waals surface area contributed by atoms with Crippen molar-refractivity contribution in [1.29, 1.82) is 0 Å². The van der Waals surface area contributed by atoms with Crippen LogP contribution in [0.5, 0.6) is 11.5 Å². The molecule has 2 aliphatic rings. The molecule has 0 saturated carbocycles. The Balaban J connectivity index is 1.21. The number of ether oxygens (including phenoxy) is 2. The molecule has 1 fully saturated rings. The van der Waals surface area contributed by atoms with Crippen molar-refractivity contribution in [2.75, 3.05) is 31.6 Å². The molecule has 10 nitrogen and oxygen atoms in total. The van der Waals surface area contributed by atoms with Gasteiger partial charge >= 0.3 is 6.01 Å². The van der Waals surface area contributed by atoms with Crippen LogP contribution in [0.4, 0.5) is 6.01 Å². The summed E-state index contributed by atoms with van der Waals surface area (Å²) in [5.74, 6) is 0.790. The summed E-state index contributed by atoms with van der Waals surface area (Å²) in [6, 6.07) is 8.57. The van der Waals surface area contributed by atoms with Gasteiger partial charge in [-0.1, -0.05) is 22.8 Å². The SMILES string of the molecule is O=C(Nc1nnc(Cc2ccc3c(c2)OCCO3)o1)C1CCCN(S(=O)(=O)c2ccc(Cl)s2)C1. The fourth-order valence-electron chi connectivity index (χ4n) is 3.89. The molecule has 2 aromatic heterocycles. The molecule has 34 heavy (non-hydrogen) atoms. The van der Waals surface area contributed by atoms with Gasteiger partial charge < -0.3 is 13.9 Å². The number of fused-ring (bicyclic) bond motifs is 1. The molecule has 0 bridgehead atoms. The topological polar surface area (TPSA) is 124 Å². The Morgan fingerprint density at radius 3 is 2.79 bits per heavy atom. The molecule has 1 atom stereocenters. The van der Waals surface area contributed by atoms with Crippen LogP contribution in [0, 0.1) is 5.92 Å². The minimum absolute atomic E-state index is 0.0254. The summed E-state index contributed by atoms with van der Waals surface area (Å²) in [4.78, 5) is 12.8. The third-order valence-electron chi connectivity index (χ3n) is 5.56. The van der Waals surface area contributed by atoms with E-state index in [2.05, 4.69) is 15.5 Å². The maximum atomic E-state index is 12.9. The van der Waals surface area contributed by atoms with Gasteiger partial charge in [0, 0.05) is 13.1 Å². The van der Waals surface area contributed by atoms with Crippen molar-refractivity contribution in [3.05, 3.63) is 46.1 Å². The number of carbonyl (C=O) groups excluding carboxylic acids is 1. The zero-order valence-corrected chi connectivity index (χ0v) is 20.3. The first-order chi connectivity index (χ1) is 16.4. The van der Waals surface area contributed by atoms with Crippen LogP contribution in [-0.4, -0.2) is 55.1 Å². The summed E-state index contributed by atoms with van der Waals surface area (Å²) >= 11 is 6.89. The van der Waals surface area contributed by atoms with Gasteiger partial charge in [0.05, 0.1) is 16.7 Å². The molecule has 0 aliphatic carbocycles. The lowest BCUT2D eigenvalue weighted by atomic mass is 9.99. The molecular weight excluding hydrogens is 504 g/mol. The largest absolute Gasteiger partial charge is 0.486 e. The Hall–Kier alpha value is -2.67. The fourth-order valence-corrected chi connectivity index (χ4v) is 7.05. The number of amides is 1. The highest BCUT2D eigenvalue weighted by atomic mass is 35.5. The van der Waals surface area contributed by atoms with Crippen LogP contribution in [0.2, 0.25) is 4.34 Å². The van der Waals surface area contributed by atoms with E-state index >= 15 is 0 Å². The normalized spacial score (nSPS) is 18.6. The van der Waals surface area contributed by atoms with E-state index in [9.17, 15) is 13.2 Å². The van der Waals surface area contributed by atoms with E-state index in [0.717, 1.165) is 16.9 Å². The van der Waals surface area contributed by atoms with E-state index < -0.39 is 15.9 Å². The van der Waals surface area contributed by atoms with Gasteiger partial charge in [-0.2, -0.15) is 4.31 Å². The van der Waals surface area contributed by atoms with Gasteiger partial charge in [-0.05, 0) is 42.7 Å². The van der Waals surface area contributed by atoms with E-state index in [0.29, 0.717) is 60.7 Å². The predicted octanol–water partition coefficient (Wildman–Crippen LogP) is 3.19. The molecule has 2 aliphatic heterocycles. The number of carbonyl (C=O) groups is 1. The van der Waals surface area contributed by atoms with Crippen molar-refractivity contribution in [1.82, 2.24) is 14.5 Å². The number of piperidine rings is 1. The standard InChI is InChI=1S/C21H21ClN4O6S2/c22-17-5-6-19(33-17)34(28,29)26-7-1-2-14(12-26)20(27)23-21-25-24-18(32-21)11-13-3-4-15-16(10-13)31-9-8-30-15/h3-6,10,14H,1-2,7-9,11-12H2,(H,23,25,27). The van der Waals surface area contributed by atoms with E-state index in [1.54, 1.807) is 6.07 Å². The van der Waals surface area contributed by atoms with Crippen molar-refractivity contribution in [2.24, 2.45) is 5.92 Å². The number of sulfonamides is 1. The molecule has 1 saturated heterocycles. The first kappa shape index (κ1) is 23.1. The molecule has 1 aromatic carbocycles. The highest BCUT2D eigenvalue weighted by Gasteiger charge is 2.34. The first-order valence-corrected chi connectivity index (χ1v) is 13.3. The molecule has 0 spiro atoms. The van der Waals surface area contributed by atoms with Crippen LogP contribution < -0.4 is 14.8 Å². The van der Waals surface area contributed by atoms with Crippen LogP contribution in [0.1, 0.15) is 24.3 Å².